The maximum atomic E-state index is 13.3. The number of benzene rings is 2. The van der Waals surface area contributed by atoms with Crippen molar-refractivity contribution in [3.05, 3.63) is 65.7 Å². The Balaban J connectivity index is 2.32. The highest BCUT2D eigenvalue weighted by atomic mass is 32.2. The number of anilines is 1. The summed E-state index contributed by atoms with van der Waals surface area (Å²) in [4.78, 5) is 12.1. The fourth-order valence-electron chi connectivity index (χ4n) is 2.25. The maximum Gasteiger partial charge on any atom is 0.417 e. The van der Waals surface area contributed by atoms with Gasteiger partial charge in [-0.15, -0.1) is 0 Å². The highest BCUT2D eigenvalue weighted by Gasteiger charge is 2.35. The first kappa shape index (κ1) is 19.7. The molecular weight excluding hydrogens is 367 g/mol. The van der Waals surface area contributed by atoms with Crippen molar-refractivity contribution in [1.29, 1.82) is 0 Å². The zero-order chi connectivity index (χ0) is 19.5. The fraction of sp³-hybridized carbons (Fsp3) is 0.167. The summed E-state index contributed by atoms with van der Waals surface area (Å²) in [7, 11) is -3.42. The second-order valence-electron chi connectivity index (χ2n) is 5.66. The zero-order valence-corrected chi connectivity index (χ0v) is 14.8. The summed E-state index contributed by atoms with van der Waals surface area (Å²) in [6.45, 7) is 1.55. The van der Waals surface area contributed by atoms with E-state index < -0.39 is 27.5 Å². The number of alkyl halides is 3. The molecule has 4 nitrogen and oxygen atoms in total. The van der Waals surface area contributed by atoms with Gasteiger partial charge in [0.05, 0.1) is 10.5 Å². The minimum Gasteiger partial charge on any atom is -0.322 e. The van der Waals surface area contributed by atoms with Gasteiger partial charge in [-0.1, -0.05) is 30.3 Å². The third-order valence-electron chi connectivity index (χ3n) is 3.55. The lowest BCUT2D eigenvalue weighted by Gasteiger charge is -2.13. The van der Waals surface area contributed by atoms with Crippen LogP contribution >= 0.6 is 0 Å². The molecule has 0 heterocycles. The average Bonchev–Trinajstić information content (AvgIpc) is 2.53. The predicted molar refractivity (Wildman–Crippen MR) is 93.4 cm³/mol. The van der Waals surface area contributed by atoms with Crippen molar-refractivity contribution in [1.82, 2.24) is 0 Å². The number of nitrogens with one attached hydrogen (secondary N) is 1. The van der Waals surface area contributed by atoms with Crippen LogP contribution < -0.4 is 5.32 Å². The molecule has 0 aliphatic heterocycles. The number of carbonyl (C=O) groups excluding carboxylic acids is 1. The van der Waals surface area contributed by atoms with Gasteiger partial charge < -0.3 is 5.32 Å². The molecule has 26 heavy (non-hydrogen) atoms. The normalized spacial score (nSPS) is 12.7. The molecular formula is C18H16F3NO3S. The van der Waals surface area contributed by atoms with Crippen molar-refractivity contribution in [2.75, 3.05) is 11.6 Å². The molecule has 138 valence electrons. The van der Waals surface area contributed by atoms with Gasteiger partial charge in [0.2, 0.25) is 5.91 Å². The van der Waals surface area contributed by atoms with Crippen LogP contribution in [-0.4, -0.2) is 26.8 Å². The van der Waals surface area contributed by atoms with Gasteiger partial charge in [0.1, 0.15) is 0 Å². The molecule has 8 heteroatoms. The molecule has 0 aliphatic rings. The van der Waals surface area contributed by atoms with Gasteiger partial charge >= 0.3 is 6.18 Å². The molecule has 0 atom stereocenters. The molecule has 2 rings (SSSR count). The maximum absolute atomic E-state index is 13.3. The van der Waals surface area contributed by atoms with Gasteiger partial charge in [-0.3, -0.25) is 4.79 Å². The SMILES string of the molecule is Cc1cc(S(C)(=O)=O)ccc1NC(=O)C=C(c1ccccc1)C(F)(F)F. The van der Waals surface area contributed by atoms with Crippen LogP contribution in [0.2, 0.25) is 0 Å². The van der Waals surface area contributed by atoms with E-state index in [9.17, 15) is 26.4 Å². The monoisotopic (exact) mass is 383 g/mol. The largest absolute Gasteiger partial charge is 0.417 e. The molecule has 0 saturated carbocycles. The van der Waals surface area contributed by atoms with Crippen LogP contribution in [0, 0.1) is 6.92 Å². The summed E-state index contributed by atoms with van der Waals surface area (Å²) in [5, 5.41) is 2.35. The van der Waals surface area contributed by atoms with Gasteiger partial charge in [0.25, 0.3) is 0 Å². The zero-order valence-electron chi connectivity index (χ0n) is 14.0. The Labute approximate surface area is 149 Å². The van der Waals surface area contributed by atoms with Gasteiger partial charge in [-0.2, -0.15) is 13.2 Å². The number of halogens is 3. The Morgan fingerprint density at radius 1 is 1.08 bits per heavy atom. The minimum atomic E-state index is -4.70. The van der Waals surface area contributed by atoms with E-state index in [2.05, 4.69) is 5.32 Å². The Morgan fingerprint density at radius 2 is 1.69 bits per heavy atom. The van der Waals surface area contributed by atoms with Gasteiger partial charge in [-0.05, 0) is 36.2 Å². The van der Waals surface area contributed by atoms with E-state index in [1.807, 2.05) is 0 Å². The summed E-state index contributed by atoms with van der Waals surface area (Å²) in [6, 6.07) is 11.0. The molecule has 0 bridgehead atoms. The molecule has 1 amide bonds. The third-order valence-corrected chi connectivity index (χ3v) is 4.66. The van der Waals surface area contributed by atoms with E-state index in [1.54, 1.807) is 13.0 Å². The third kappa shape index (κ3) is 4.95. The van der Waals surface area contributed by atoms with Crippen molar-refractivity contribution in [3.8, 4) is 0 Å². The Hall–Kier alpha value is -2.61. The molecule has 2 aromatic carbocycles. The number of sulfone groups is 1. The van der Waals surface area contributed by atoms with E-state index in [-0.39, 0.29) is 16.1 Å². The standard InChI is InChI=1S/C18H16F3NO3S/c1-12-10-14(26(2,24)25)8-9-16(12)22-17(23)11-15(18(19,20)21)13-6-4-3-5-7-13/h3-11H,1-2H3,(H,22,23). The van der Waals surface area contributed by atoms with E-state index in [4.69, 9.17) is 0 Å². The summed E-state index contributed by atoms with van der Waals surface area (Å²) in [5.41, 5.74) is -0.545. The molecule has 0 radical (unpaired) electrons. The van der Waals surface area contributed by atoms with Crippen LogP contribution in [0.5, 0.6) is 0 Å². The van der Waals surface area contributed by atoms with E-state index in [0.717, 1.165) is 6.26 Å². The molecule has 0 saturated heterocycles. The lowest BCUT2D eigenvalue weighted by Crippen LogP contribution is -2.16. The van der Waals surface area contributed by atoms with Crippen molar-refractivity contribution in [2.24, 2.45) is 0 Å². The number of amides is 1. The van der Waals surface area contributed by atoms with Crippen molar-refractivity contribution in [2.45, 2.75) is 18.0 Å². The van der Waals surface area contributed by atoms with Gasteiger partial charge in [-0.25, -0.2) is 8.42 Å². The molecule has 0 fully saturated rings. The van der Waals surface area contributed by atoms with Crippen LogP contribution in [0.4, 0.5) is 18.9 Å². The van der Waals surface area contributed by atoms with Crippen molar-refractivity contribution in [3.63, 3.8) is 0 Å². The van der Waals surface area contributed by atoms with Gasteiger partial charge in [0.15, 0.2) is 9.84 Å². The summed E-state index contributed by atoms with van der Waals surface area (Å²) in [5.74, 6) is -0.962. The second-order valence-corrected chi connectivity index (χ2v) is 7.68. The van der Waals surface area contributed by atoms with Gasteiger partial charge in [0, 0.05) is 18.0 Å². The van der Waals surface area contributed by atoms with Crippen LogP contribution in [0.1, 0.15) is 11.1 Å². The number of hydrogen-bond acceptors (Lipinski definition) is 3. The summed E-state index contributed by atoms with van der Waals surface area (Å²) >= 11 is 0. The first-order valence-corrected chi connectivity index (χ1v) is 9.33. The summed E-state index contributed by atoms with van der Waals surface area (Å²) < 4.78 is 62.8. The highest BCUT2D eigenvalue weighted by molar-refractivity contribution is 7.90. The quantitative estimate of drug-likeness (QED) is 0.813. The predicted octanol–water partition coefficient (Wildman–Crippen LogP) is 3.98. The number of allylic oxidation sites excluding steroid dienone is 1. The Bertz CT molecular complexity index is 949. The lowest BCUT2D eigenvalue weighted by atomic mass is 10.0. The number of rotatable bonds is 4. The molecule has 0 aromatic heterocycles. The molecule has 2 aromatic rings. The number of hydrogen-bond donors (Lipinski definition) is 1. The topological polar surface area (TPSA) is 63.2 Å². The first-order chi connectivity index (χ1) is 12.0. The summed E-state index contributed by atoms with van der Waals surface area (Å²) in [6.07, 6.45) is -3.18. The van der Waals surface area contributed by atoms with Crippen molar-refractivity contribution >= 4 is 27.0 Å². The minimum absolute atomic E-state index is 0.0591. The smallest absolute Gasteiger partial charge is 0.322 e. The number of aryl methyl sites for hydroxylation is 1. The molecule has 1 N–H and O–H groups in total. The van der Waals surface area contributed by atoms with E-state index in [0.29, 0.717) is 11.6 Å². The Morgan fingerprint density at radius 3 is 2.19 bits per heavy atom. The van der Waals surface area contributed by atoms with Crippen molar-refractivity contribution < 1.29 is 26.4 Å². The highest BCUT2D eigenvalue weighted by Crippen LogP contribution is 2.33. The first-order valence-electron chi connectivity index (χ1n) is 7.44. The lowest BCUT2D eigenvalue weighted by molar-refractivity contribution is -0.112. The molecule has 0 unspecified atom stereocenters. The van der Waals surface area contributed by atoms with E-state index >= 15 is 0 Å². The Kier molecular flexibility index (Phi) is 5.56. The molecule has 0 spiro atoms. The molecule has 0 aliphatic carbocycles. The van der Waals surface area contributed by atoms with Crippen LogP contribution in [0.3, 0.4) is 0 Å². The average molecular weight is 383 g/mol. The van der Waals surface area contributed by atoms with Crippen LogP contribution in [-0.2, 0) is 14.6 Å². The number of carbonyl (C=O) groups is 1. The fourth-order valence-corrected chi connectivity index (χ4v) is 2.96. The van der Waals surface area contributed by atoms with E-state index in [1.165, 1.54) is 42.5 Å². The van der Waals surface area contributed by atoms with Crippen LogP contribution in [0.25, 0.3) is 5.57 Å². The second kappa shape index (κ2) is 7.33. The van der Waals surface area contributed by atoms with Crippen LogP contribution in [0.15, 0.2) is 59.5 Å².